The van der Waals surface area contributed by atoms with Gasteiger partial charge in [0.05, 0.1) is 14.2 Å². The molecule has 0 saturated carbocycles. The molecule has 0 aliphatic carbocycles. The molecule has 104 valence electrons. The molecule has 0 spiro atoms. The van der Waals surface area contributed by atoms with E-state index in [9.17, 15) is 4.79 Å². The quantitative estimate of drug-likeness (QED) is 0.822. The number of hydrogen-bond acceptors (Lipinski definition) is 6. The molecule has 1 N–H and O–H groups in total. The molecule has 1 saturated heterocycles. The fraction of sp³-hybridized carbons (Fsp3) is 0.583. The molecule has 7 nitrogen and oxygen atoms in total. The zero-order valence-corrected chi connectivity index (χ0v) is 11.3. The summed E-state index contributed by atoms with van der Waals surface area (Å²) in [7, 11) is 4.71. The average Bonchev–Trinajstić information content (AvgIpc) is 2.98. The number of likely N-dealkylation sites (N-methyl/N-ethyl adjacent to an activating group) is 1. The molecule has 1 aromatic heterocycles. The van der Waals surface area contributed by atoms with Crippen molar-refractivity contribution in [2.45, 2.75) is 12.5 Å². The lowest BCUT2D eigenvalue weighted by molar-refractivity contribution is 0.0734. The van der Waals surface area contributed by atoms with Crippen molar-refractivity contribution >= 4 is 5.91 Å². The Morgan fingerprint density at radius 3 is 2.47 bits per heavy atom. The topological polar surface area (TPSA) is 76.6 Å². The van der Waals surface area contributed by atoms with Crippen molar-refractivity contribution in [2.75, 3.05) is 34.4 Å². The predicted octanol–water partition coefficient (Wildman–Crippen LogP) is -0.0723. The summed E-state index contributed by atoms with van der Waals surface area (Å²) in [4.78, 5) is 22.2. The van der Waals surface area contributed by atoms with Crippen molar-refractivity contribution in [3.8, 4) is 11.8 Å². The Hall–Kier alpha value is -1.89. The van der Waals surface area contributed by atoms with Crippen LogP contribution in [0.1, 0.15) is 16.8 Å². The summed E-state index contributed by atoms with van der Waals surface area (Å²) in [6.07, 6.45) is 2.24. The smallest absolute Gasteiger partial charge is 0.264 e. The van der Waals surface area contributed by atoms with Crippen molar-refractivity contribution in [3.63, 3.8) is 0 Å². The molecule has 1 atom stereocenters. The van der Waals surface area contributed by atoms with Gasteiger partial charge in [0.2, 0.25) is 11.8 Å². The molecule has 0 aromatic carbocycles. The van der Waals surface area contributed by atoms with Crippen LogP contribution in [0.3, 0.4) is 0 Å². The standard InChI is InChI=1S/C12H18N4O3/c1-16(8-4-5-13-6-8)12(17)9-10(18-2)14-7-15-11(9)19-3/h7-8,13H,4-6H2,1-3H3/t8-/m0/s1. The second-order valence-electron chi connectivity index (χ2n) is 4.33. The highest BCUT2D eigenvalue weighted by molar-refractivity contribution is 5.98. The molecule has 1 aliphatic rings. The number of carbonyl (C=O) groups excluding carboxylic acids is 1. The van der Waals surface area contributed by atoms with E-state index >= 15 is 0 Å². The molecule has 7 heteroatoms. The highest BCUT2D eigenvalue weighted by atomic mass is 16.5. The van der Waals surface area contributed by atoms with Crippen LogP contribution < -0.4 is 14.8 Å². The summed E-state index contributed by atoms with van der Waals surface area (Å²) < 4.78 is 10.3. The zero-order chi connectivity index (χ0) is 13.8. The highest BCUT2D eigenvalue weighted by Gasteiger charge is 2.29. The zero-order valence-electron chi connectivity index (χ0n) is 11.3. The maximum absolute atomic E-state index is 12.5. The minimum Gasteiger partial charge on any atom is -0.480 e. The van der Waals surface area contributed by atoms with Crippen LogP contribution in [0.4, 0.5) is 0 Å². The van der Waals surface area contributed by atoms with Gasteiger partial charge < -0.3 is 19.7 Å². The number of amides is 1. The van der Waals surface area contributed by atoms with Crippen molar-refractivity contribution < 1.29 is 14.3 Å². The first-order chi connectivity index (χ1) is 9.19. The van der Waals surface area contributed by atoms with E-state index in [0.29, 0.717) is 0 Å². The van der Waals surface area contributed by atoms with Gasteiger partial charge in [-0.05, 0) is 13.0 Å². The monoisotopic (exact) mass is 266 g/mol. The van der Waals surface area contributed by atoms with Gasteiger partial charge in [0.1, 0.15) is 6.33 Å². The molecule has 0 bridgehead atoms. The fourth-order valence-corrected chi connectivity index (χ4v) is 2.16. The van der Waals surface area contributed by atoms with E-state index < -0.39 is 0 Å². The lowest BCUT2D eigenvalue weighted by atomic mass is 10.2. The van der Waals surface area contributed by atoms with Gasteiger partial charge in [-0.1, -0.05) is 0 Å². The number of ether oxygens (including phenoxy) is 2. The lowest BCUT2D eigenvalue weighted by Crippen LogP contribution is -2.38. The largest absolute Gasteiger partial charge is 0.480 e. The molecule has 1 aromatic rings. The molecule has 0 radical (unpaired) electrons. The van der Waals surface area contributed by atoms with Crippen molar-refractivity contribution in [2.24, 2.45) is 0 Å². The van der Waals surface area contributed by atoms with E-state index in [0.717, 1.165) is 19.5 Å². The second kappa shape index (κ2) is 5.83. The summed E-state index contributed by atoms with van der Waals surface area (Å²) in [6.45, 7) is 1.71. The SMILES string of the molecule is COc1ncnc(OC)c1C(=O)N(C)[C@H]1CCNC1. The molecule has 1 aliphatic heterocycles. The summed E-state index contributed by atoms with van der Waals surface area (Å²) in [5.41, 5.74) is 0.266. The Bertz CT molecular complexity index is 438. The first-order valence-electron chi connectivity index (χ1n) is 6.10. The number of nitrogens with zero attached hydrogens (tertiary/aromatic N) is 3. The normalized spacial score (nSPS) is 18.2. The van der Waals surface area contributed by atoms with Crippen LogP contribution in [-0.2, 0) is 0 Å². The molecular formula is C12H18N4O3. The third kappa shape index (κ3) is 2.60. The van der Waals surface area contributed by atoms with E-state index in [2.05, 4.69) is 15.3 Å². The van der Waals surface area contributed by atoms with Crippen LogP contribution in [0, 0.1) is 0 Å². The molecular weight excluding hydrogens is 248 g/mol. The molecule has 0 unspecified atom stereocenters. The molecule has 1 fully saturated rings. The van der Waals surface area contributed by atoms with Crippen molar-refractivity contribution in [1.82, 2.24) is 20.2 Å². The third-order valence-electron chi connectivity index (χ3n) is 3.28. The Morgan fingerprint density at radius 2 is 2.00 bits per heavy atom. The first kappa shape index (κ1) is 13.5. The Balaban J connectivity index is 2.31. The van der Waals surface area contributed by atoms with Crippen molar-refractivity contribution in [3.05, 3.63) is 11.9 Å². The number of nitrogens with one attached hydrogen (secondary N) is 1. The summed E-state index contributed by atoms with van der Waals surface area (Å²) in [6, 6.07) is 0.169. The highest BCUT2D eigenvalue weighted by Crippen LogP contribution is 2.25. The second-order valence-corrected chi connectivity index (χ2v) is 4.33. The summed E-state index contributed by atoms with van der Waals surface area (Å²) in [5, 5.41) is 3.23. The fourth-order valence-electron chi connectivity index (χ4n) is 2.16. The Morgan fingerprint density at radius 1 is 1.37 bits per heavy atom. The van der Waals surface area contributed by atoms with Crippen LogP contribution in [-0.4, -0.2) is 61.2 Å². The van der Waals surface area contributed by atoms with Crippen LogP contribution in [0.25, 0.3) is 0 Å². The van der Waals surface area contributed by atoms with Gasteiger partial charge in [-0.3, -0.25) is 4.79 Å². The van der Waals surface area contributed by atoms with Crippen LogP contribution in [0.2, 0.25) is 0 Å². The van der Waals surface area contributed by atoms with Gasteiger partial charge in [0, 0.05) is 19.6 Å². The number of aromatic nitrogens is 2. The van der Waals surface area contributed by atoms with E-state index in [1.54, 1.807) is 11.9 Å². The molecule has 19 heavy (non-hydrogen) atoms. The van der Waals surface area contributed by atoms with Gasteiger partial charge >= 0.3 is 0 Å². The Kier molecular flexibility index (Phi) is 4.16. The van der Waals surface area contributed by atoms with Gasteiger partial charge in [-0.25, -0.2) is 9.97 Å². The van der Waals surface area contributed by atoms with Crippen LogP contribution in [0.15, 0.2) is 6.33 Å². The number of methoxy groups -OCH3 is 2. The lowest BCUT2D eigenvalue weighted by Gasteiger charge is -2.24. The minimum absolute atomic E-state index is 0.169. The summed E-state index contributed by atoms with van der Waals surface area (Å²) >= 11 is 0. The van der Waals surface area contributed by atoms with Crippen molar-refractivity contribution in [1.29, 1.82) is 0 Å². The number of carbonyl (C=O) groups is 1. The van der Waals surface area contributed by atoms with Gasteiger partial charge in [-0.15, -0.1) is 0 Å². The van der Waals surface area contributed by atoms with E-state index in [1.807, 2.05) is 0 Å². The maximum atomic E-state index is 12.5. The molecule has 2 heterocycles. The molecule has 1 amide bonds. The van der Waals surface area contributed by atoms with E-state index in [-0.39, 0.29) is 29.3 Å². The van der Waals surface area contributed by atoms with Gasteiger partial charge in [-0.2, -0.15) is 0 Å². The number of rotatable bonds is 4. The van der Waals surface area contributed by atoms with Gasteiger partial charge in [0.15, 0.2) is 5.56 Å². The molecule has 2 rings (SSSR count). The maximum Gasteiger partial charge on any atom is 0.264 e. The van der Waals surface area contributed by atoms with Gasteiger partial charge in [0.25, 0.3) is 5.91 Å². The van der Waals surface area contributed by atoms with E-state index in [4.69, 9.17) is 9.47 Å². The van der Waals surface area contributed by atoms with Crippen LogP contribution >= 0.6 is 0 Å². The predicted molar refractivity (Wildman–Crippen MR) is 68.5 cm³/mol. The first-order valence-corrected chi connectivity index (χ1v) is 6.10. The average molecular weight is 266 g/mol. The number of hydrogen-bond donors (Lipinski definition) is 1. The van der Waals surface area contributed by atoms with E-state index in [1.165, 1.54) is 20.5 Å². The third-order valence-corrected chi connectivity index (χ3v) is 3.28. The Labute approximate surface area is 111 Å². The van der Waals surface area contributed by atoms with Crippen LogP contribution in [0.5, 0.6) is 11.8 Å². The minimum atomic E-state index is -0.192. The summed E-state index contributed by atoms with van der Waals surface area (Å²) in [5.74, 6) is 0.271.